The lowest BCUT2D eigenvalue weighted by molar-refractivity contribution is 0.0683. The summed E-state index contributed by atoms with van der Waals surface area (Å²) >= 11 is 1.14. The Balaban J connectivity index is 0.000000593. The molecule has 0 aliphatic rings. The van der Waals surface area contributed by atoms with Crippen LogP contribution in [0, 0.1) is 5.41 Å². The molecule has 2 rings (SSSR count). The molecule has 0 bridgehead atoms. The third kappa shape index (κ3) is 5.71. The lowest BCUT2D eigenvalue weighted by Gasteiger charge is -2.07. The van der Waals surface area contributed by atoms with E-state index in [1.54, 1.807) is 36.4 Å². The monoisotopic (exact) mass is 333 g/mol. The van der Waals surface area contributed by atoms with Gasteiger partial charge in [0.15, 0.2) is 5.96 Å². The second-order valence-electron chi connectivity index (χ2n) is 4.16. The number of hydrogen-bond donors (Lipinski definition) is 5. The van der Waals surface area contributed by atoms with Crippen molar-refractivity contribution in [2.75, 3.05) is 0 Å². The molecule has 7 N–H and O–H groups in total. The first-order chi connectivity index (χ1) is 10.8. The van der Waals surface area contributed by atoms with E-state index >= 15 is 0 Å². The van der Waals surface area contributed by atoms with Crippen LogP contribution in [0.25, 0.3) is 0 Å². The van der Waals surface area contributed by atoms with Gasteiger partial charge in [-0.1, -0.05) is 36.0 Å². The Labute approximate surface area is 136 Å². The Morgan fingerprint density at radius 3 is 1.43 bits per heavy atom. The number of guanidine groups is 1. The molecule has 0 atom stereocenters. The number of benzene rings is 2. The third-order valence-corrected chi connectivity index (χ3v) is 3.61. The Kier molecular flexibility index (Phi) is 6.63. The predicted molar refractivity (Wildman–Crippen MR) is 87.0 cm³/mol. The van der Waals surface area contributed by atoms with E-state index in [0.29, 0.717) is 9.79 Å². The van der Waals surface area contributed by atoms with Crippen LogP contribution in [0.5, 0.6) is 0 Å². The fraction of sp³-hybridized carbons (Fsp3) is 0. The molecule has 23 heavy (non-hydrogen) atoms. The topological polar surface area (TPSA) is 150 Å². The first-order valence-electron chi connectivity index (χ1n) is 6.25. The molecule has 2 aromatic carbocycles. The molecule has 7 nitrogen and oxygen atoms in total. The average molecular weight is 333 g/mol. The first-order valence-corrected chi connectivity index (χ1v) is 7.06. The Morgan fingerprint density at radius 2 is 1.13 bits per heavy atom. The van der Waals surface area contributed by atoms with E-state index in [1.807, 2.05) is 0 Å². The number of hydrogen-bond acceptors (Lipinski definition) is 4. The van der Waals surface area contributed by atoms with Crippen LogP contribution in [-0.2, 0) is 0 Å². The normalized spacial score (nSPS) is 9.39. The second kappa shape index (κ2) is 8.44. The molecular formula is C15H15N3O4S. The summed E-state index contributed by atoms with van der Waals surface area (Å²) < 4.78 is 0. The number of rotatable bonds is 4. The standard InChI is InChI=1S/C14H10O4S.CH5N3/c15-13(16)9-5-1-3-7-11(9)19-12-8-4-2-6-10(12)14(17)18;2-1(3)4/h1-8H,(H,15,16)(H,17,18);(H5,2,3,4). The number of nitrogens with two attached hydrogens (primary N) is 2. The molecule has 0 unspecified atom stereocenters. The van der Waals surface area contributed by atoms with Gasteiger partial charge in [-0.05, 0) is 24.3 Å². The van der Waals surface area contributed by atoms with Crippen LogP contribution in [0.15, 0.2) is 58.3 Å². The first kappa shape index (κ1) is 18.1. The number of carboxylic acid groups (broad SMARTS) is 2. The summed E-state index contributed by atoms with van der Waals surface area (Å²) in [5.74, 6) is -2.40. The largest absolute Gasteiger partial charge is 0.478 e. The van der Waals surface area contributed by atoms with Crippen LogP contribution in [0.4, 0.5) is 0 Å². The molecule has 0 saturated heterocycles. The molecule has 0 radical (unpaired) electrons. The molecule has 120 valence electrons. The lowest BCUT2D eigenvalue weighted by atomic mass is 10.2. The van der Waals surface area contributed by atoms with Gasteiger partial charge in [0.2, 0.25) is 0 Å². The molecule has 0 aliphatic heterocycles. The molecule has 0 spiro atoms. The van der Waals surface area contributed by atoms with E-state index in [9.17, 15) is 9.59 Å². The fourth-order valence-corrected chi connectivity index (χ4v) is 2.64. The van der Waals surface area contributed by atoms with Gasteiger partial charge in [0, 0.05) is 9.79 Å². The Bertz CT molecular complexity index is 675. The van der Waals surface area contributed by atoms with E-state index in [2.05, 4.69) is 11.5 Å². The van der Waals surface area contributed by atoms with Gasteiger partial charge in [-0.25, -0.2) is 9.59 Å². The van der Waals surface area contributed by atoms with Crippen LogP contribution >= 0.6 is 11.8 Å². The van der Waals surface area contributed by atoms with Crippen molar-refractivity contribution in [2.24, 2.45) is 11.5 Å². The molecule has 8 heteroatoms. The van der Waals surface area contributed by atoms with Gasteiger partial charge in [-0.2, -0.15) is 0 Å². The van der Waals surface area contributed by atoms with Crippen molar-refractivity contribution in [1.82, 2.24) is 0 Å². The minimum Gasteiger partial charge on any atom is -0.478 e. The van der Waals surface area contributed by atoms with Gasteiger partial charge in [0.25, 0.3) is 0 Å². The van der Waals surface area contributed by atoms with Gasteiger partial charge in [-0.15, -0.1) is 0 Å². The molecule has 0 saturated carbocycles. The average Bonchev–Trinajstić information content (AvgIpc) is 2.47. The van der Waals surface area contributed by atoms with Gasteiger partial charge >= 0.3 is 11.9 Å². The summed E-state index contributed by atoms with van der Waals surface area (Å²) in [6, 6.07) is 13.0. The maximum atomic E-state index is 11.1. The summed E-state index contributed by atoms with van der Waals surface area (Å²) in [5, 5.41) is 24.2. The van der Waals surface area contributed by atoms with Crippen molar-refractivity contribution in [3.8, 4) is 0 Å². The van der Waals surface area contributed by atoms with Crippen molar-refractivity contribution >= 4 is 29.7 Å². The third-order valence-electron chi connectivity index (χ3n) is 2.45. The van der Waals surface area contributed by atoms with Gasteiger partial charge in [0.05, 0.1) is 11.1 Å². The van der Waals surface area contributed by atoms with Crippen molar-refractivity contribution < 1.29 is 19.8 Å². The summed E-state index contributed by atoms with van der Waals surface area (Å²) in [4.78, 5) is 23.2. The molecule has 0 amide bonds. The summed E-state index contributed by atoms with van der Waals surface area (Å²) in [5.41, 5.74) is 9.26. The summed E-state index contributed by atoms with van der Waals surface area (Å²) in [7, 11) is 0. The van der Waals surface area contributed by atoms with E-state index in [-0.39, 0.29) is 17.1 Å². The Morgan fingerprint density at radius 1 is 0.826 bits per heavy atom. The van der Waals surface area contributed by atoms with Gasteiger partial charge in [-0.3, -0.25) is 5.41 Å². The molecule has 0 aliphatic carbocycles. The SMILES string of the molecule is N=C(N)N.O=C(O)c1ccccc1Sc1ccccc1C(=O)O. The second-order valence-corrected chi connectivity index (χ2v) is 5.24. The van der Waals surface area contributed by atoms with Crippen molar-refractivity contribution in [1.29, 1.82) is 5.41 Å². The molecule has 2 aromatic rings. The van der Waals surface area contributed by atoms with E-state index < -0.39 is 11.9 Å². The quantitative estimate of drug-likeness (QED) is 0.424. The molecular weight excluding hydrogens is 318 g/mol. The van der Waals surface area contributed by atoms with Crippen LogP contribution < -0.4 is 11.5 Å². The van der Waals surface area contributed by atoms with Crippen LogP contribution in [0.3, 0.4) is 0 Å². The zero-order chi connectivity index (χ0) is 17.4. The van der Waals surface area contributed by atoms with E-state index in [4.69, 9.17) is 15.6 Å². The van der Waals surface area contributed by atoms with Gasteiger partial charge < -0.3 is 21.7 Å². The van der Waals surface area contributed by atoms with Crippen molar-refractivity contribution in [3.05, 3.63) is 59.7 Å². The highest BCUT2D eigenvalue weighted by molar-refractivity contribution is 7.99. The lowest BCUT2D eigenvalue weighted by Crippen LogP contribution is -2.20. The van der Waals surface area contributed by atoms with Crippen LogP contribution in [0.1, 0.15) is 20.7 Å². The minimum atomic E-state index is -1.03. The van der Waals surface area contributed by atoms with Crippen molar-refractivity contribution in [3.63, 3.8) is 0 Å². The highest BCUT2D eigenvalue weighted by Gasteiger charge is 2.14. The van der Waals surface area contributed by atoms with Gasteiger partial charge in [0.1, 0.15) is 0 Å². The van der Waals surface area contributed by atoms with E-state index in [1.165, 1.54) is 12.1 Å². The molecule has 0 fully saturated rings. The number of carboxylic acids is 2. The van der Waals surface area contributed by atoms with Crippen molar-refractivity contribution in [2.45, 2.75) is 9.79 Å². The van der Waals surface area contributed by atoms with Crippen LogP contribution in [-0.4, -0.2) is 28.1 Å². The summed E-state index contributed by atoms with van der Waals surface area (Å²) in [6.07, 6.45) is 0. The Hall–Kier alpha value is -3.00. The minimum absolute atomic E-state index is 0.160. The maximum absolute atomic E-state index is 11.1. The highest BCUT2D eigenvalue weighted by Crippen LogP contribution is 2.32. The zero-order valence-electron chi connectivity index (χ0n) is 11.9. The predicted octanol–water partition coefficient (Wildman–Crippen LogP) is 2.07. The molecule has 0 heterocycles. The van der Waals surface area contributed by atoms with E-state index in [0.717, 1.165) is 11.8 Å². The number of nitrogens with one attached hydrogen (secondary N) is 1. The van der Waals surface area contributed by atoms with Crippen LogP contribution in [0.2, 0.25) is 0 Å². The maximum Gasteiger partial charge on any atom is 0.336 e. The molecule has 0 aromatic heterocycles. The smallest absolute Gasteiger partial charge is 0.336 e. The summed E-state index contributed by atoms with van der Waals surface area (Å²) in [6.45, 7) is 0. The zero-order valence-corrected chi connectivity index (χ0v) is 12.7. The highest BCUT2D eigenvalue weighted by atomic mass is 32.2. The number of aromatic carboxylic acids is 2. The number of carbonyl (C=O) groups is 2. The fourth-order valence-electron chi connectivity index (χ4n) is 1.58.